The van der Waals surface area contributed by atoms with E-state index in [1.807, 2.05) is 20.8 Å². The van der Waals surface area contributed by atoms with Crippen molar-refractivity contribution in [2.24, 2.45) is 5.92 Å². The largest absolute Gasteiger partial charge is 0.481 e. The predicted octanol–water partition coefficient (Wildman–Crippen LogP) is 3.41. The lowest BCUT2D eigenvalue weighted by atomic mass is 10.1. The summed E-state index contributed by atoms with van der Waals surface area (Å²) >= 11 is 0. The first-order chi connectivity index (χ1) is 12.8. The van der Waals surface area contributed by atoms with Crippen LogP contribution in [0.15, 0.2) is 41.0 Å². The Balaban J connectivity index is 2.21. The molecular weight excluding hydrogens is 348 g/mol. The summed E-state index contributed by atoms with van der Waals surface area (Å²) in [5.74, 6) is -1.25. The van der Waals surface area contributed by atoms with Crippen LogP contribution in [0.3, 0.4) is 0 Å². The molecule has 2 N–H and O–H groups in total. The summed E-state index contributed by atoms with van der Waals surface area (Å²) < 4.78 is 5.08. The summed E-state index contributed by atoms with van der Waals surface area (Å²) in [5.41, 5.74) is 1.69. The molecule has 2 rings (SSSR count). The number of furan rings is 1. The molecule has 0 aliphatic heterocycles. The van der Waals surface area contributed by atoms with Crippen LogP contribution < -0.4 is 5.32 Å². The van der Waals surface area contributed by atoms with Crippen molar-refractivity contribution in [3.05, 3.63) is 53.5 Å². The van der Waals surface area contributed by atoms with E-state index in [-0.39, 0.29) is 30.6 Å². The van der Waals surface area contributed by atoms with Crippen molar-refractivity contribution in [2.75, 3.05) is 18.4 Å². The van der Waals surface area contributed by atoms with Crippen LogP contribution in [-0.4, -0.2) is 40.9 Å². The van der Waals surface area contributed by atoms with Crippen molar-refractivity contribution in [2.45, 2.75) is 27.2 Å². The van der Waals surface area contributed by atoms with Gasteiger partial charge in [0.25, 0.3) is 11.8 Å². The molecule has 0 radical (unpaired) electrons. The number of carbonyl (C=O) groups is 3. The Kier molecular flexibility index (Phi) is 6.76. The van der Waals surface area contributed by atoms with Gasteiger partial charge in [-0.15, -0.1) is 0 Å². The first-order valence-electron chi connectivity index (χ1n) is 8.74. The van der Waals surface area contributed by atoms with Crippen molar-refractivity contribution in [3.8, 4) is 0 Å². The number of nitrogens with one attached hydrogen (secondary N) is 1. The van der Waals surface area contributed by atoms with Gasteiger partial charge in [0, 0.05) is 24.3 Å². The minimum absolute atomic E-state index is 0.119. The van der Waals surface area contributed by atoms with E-state index in [9.17, 15) is 14.4 Å². The van der Waals surface area contributed by atoms with Gasteiger partial charge in [0.2, 0.25) is 0 Å². The molecule has 7 heteroatoms. The number of hydrogen-bond acceptors (Lipinski definition) is 4. The summed E-state index contributed by atoms with van der Waals surface area (Å²) in [6.07, 6.45) is 1.29. The fraction of sp³-hybridized carbons (Fsp3) is 0.350. The summed E-state index contributed by atoms with van der Waals surface area (Å²) in [7, 11) is 0. The van der Waals surface area contributed by atoms with E-state index in [4.69, 9.17) is 9.52 Å². The van der Waals surface area contributed by atoms with Gasteiger partial charge in [-0.1, -0.05) is 19.9 Å². The van der Waals surface area contributed by atoms with Crippen molar-refractivity contribution in [1.82, 2.24) is 4.90 Å². The number of anilines is 1. The average molecular weight is 372 g/mol. The van der Waals surface area contributed by atoms with E-state index in [0.717, 1.165) is 5.56 Å². The fourth-order valence-electron chi connectivity index (χ4n) is 2.61. The van der Waals surface area contributed by atoms with Crippen LogP contribution >= 0.6 is 0 Å². The Hall–Kier alpha value is -3.09. The number of nitrogens with zero attached hydrogens (tertiary/aromatic N) is 1. The fourth-order valence-corrected chi connectivity index (χ4v) is 2.61. The van der Waals surface area contributed by atoms with Crippen LogP contribution in [0.5, 0.6) is 0 Å². The molecule has 0 aliphatic rings. The van der Waals surface area contributed by atoms with Crippen molar-refractivity contribution < 1.29 is 23.9 Å². The minimum Gasteiger partial charge on any atom is -0.481 e. The van der Waals surface area contributed by atoms with Crippen molar-refractivity contribution in [1.29, 1.82) is 0 Å². The molecule has 0 unspecified atom stereocenters. The molecule has 0 spiro atoms. The second-order valence-electron chi connectivity index (χ2n) is 6.75. The molecule has 1 aromatic carbocycles. The number of amides is 2. The van der Waals surface area contributed by atoms with Crippen LogP contribution in [-0.2, 0) is 4.79 Å². The van der Waals surface area contributed by atoms with Crippen LogP contribution in [0.2, 0.25) is 0 Å². The lowest BCUT2D eigenvalue weighted by Gasteiger charge is -2.24. The summed E-state index contributed by atoms with van der Waals surface area (Å²) in [6, 6.07) is 8.19. The van der Waals surface area contributed by atoms with E-state index in [2.05, 4.69) is 5.32 Å². The van der Waals surface area contributed by atoms with E-state index in [1.54, 1.807) is 30.3 Å². The monoisotopic (exact) mass is 372 g/mol. The zero-order valence-corrected chi connectivity index (χ0v) is 15.7. The highest BCUT2D eigenvalue weighted by atomic mass is 16.4. The molecule has 0 fully saturated rings. The maximum atomic E-state index is 12.9. The SMILES string of the molecule is Cc1ccc(C(=O)N(CCC(=O)O)CC(C)C)cc1NC(=O)c1ccco1. The molecular formula is C20H24N2O5. The van der Waals surface area contributed by atoms with Gasteiger partial charge in [0.1, 0.15) is 0 Å². The lowest BCUT2D eigenvalue weighted by Crippen LogP contribution is -2.36. The van der Waals surface area contributed by atoms with Gasteiger partial charge in [0.05, 0.1) is 12.7 Å². The van der Waals surface area contributed by atoms with Crippen LogP contribution in [0.4, 0.5) is 5.69 Å². The molecule has 7 nitrogen and oxygen atoms in total. The van der Waals surface area contributed by atoms with Gasteiger partial charge in [0.15, 0.2) is 5.76 Å². The third kappa shape index (κ3) is 5.70. The Bertz CT molecular complexity index is 812. The Labute approximate surface area is 158 Å². The topological polar surface area (TPSA) is 99.9 Å². The molecule has 0 atom stereocenters. The summed E-state index contributed by atoms with van der Waals surface area (Å²) in [6.45, 7) is 6.33. The minimum atomic E-state index is -0.952. The standard InChI is InChI=1S/C20H24N2O5/c1-13(2)12-22(9-8-18(23)24)20(26)15-7-6-14(3)16(11-15)21-19(25)17-5-4-10-27-17/h4-7,10-11,13H,8-9,12H2,1-3H3,(H,21,25)(H,23,24). The van der Waals surface area contributed by atoms with Crippen molar-refractivity contribution >= 4 is 23.5 Å². The first kappa shape index (κ1) is 20.2. The number of aliphatic carboxylic acids is 1. The second kappa shape index (κ2) is 9.02. The second-order valence-corrected chi connectivity index (χ2v) is 6.75. The van der Waals surface area contributed by atoms with Gasteiger partial charge in [-0.05, 0) is 42.7 Å². The smallest absolute Gasteiger partial charge is 0.305 e. The first-order valence-corrected chi connectivity index (χ1v) is 8.74. The molecule has 1 aromatic heterocycles. The van der Waals surface area contributed by atoms with Gasteiger partial charge < -0.3 is 19.7 Å². The zero-order valence-electron chi connectivity index (χ0n) is 15.7. The highest BCUT2D eigenvalue weighted by molar-refractivity contribution is 6.04. The molecule has 2 aromatic rings. The molecule has 0 bridgehead atoms. The van der Waals surface area contributed by atoms with E-state index < -0.39 is 11.9 Å². The summed E-state index contributed by atoms with van der Waals surface area (Å²) in [4.78, 5) is 37.5. The average Bonchev–Trinajstić information content (AvgIpc) is 3.14. The number of carboxylic acids is 1. The number of rotatable bonds is 8. The van der Waals surface area contributed by atoms with Crippen LogP contribution in [0.1, 0.15) is 46.7 Å². The third-order valence-electron chi connectivity index (χ3n) is 3.95. The predicted molar refractivity (Wildman–Crippen MR) is 101 cm³/mol. The van der Waals surface area contributed by atoms with E-state index >= 15 is 0 Å². The van der Waals surface area contributed by atoms with E-state index in [0.29, 0.717) is 17.8 Å². The van der Waals surface area contributed by atoms with Gasteiger partial charge in [-0.3, -0.25) is 14.4 Å². The van der Waals surface area contributed by atoms with Crippen LogP contribution in [0.25, 0.3) is 0 Å². The number of carbonyl (C=O) groups excluding carboxylic acids is 2. The molecule has 0 aliphatic carbocycles. The number of carboxylic acid groups (broad SMARTS) is 1. The molecule has 27 heavy (non-hydrogen) atoms. The highest BCUT2D eigenvalue weighted by Crippen LogP contribution is 2.20. The third-order valence-corrected chi connectivity index (χ3v) is 3.95. The van der Waals surface area contributed by atoms with Gasteiger partial charge >= 0.3 is 5.97 Å². The molecule has 1 heterocycles. The normalized spacial score (nSPS) is 10.7. The number of hydrogen-bond donors (Lipinski definition) is 2. The number of benzene rings is 1. The molecule has 2 amide bonds. The lowest BCUT2D eigenvalue weighted by molar-refractivity contribution is -0.137. The Morgan fingerprint density at radius 3 is 2.56 bits per heavy atom. The van der Waals surface area contributed by atoms with Crippen molar-refractivity contribution in [3.63, 3.8) is 0 Å². The quantitative estimate of drug-likeness (QED) is 0.740. The zero-order chi connectivity index (χ0) is 20.0. The van der Waals surface area contributed by atoms with E-state index in [1.165, 1.54) is 11.2 Å². The van der Waals surface area contributed by atoms with Crippen LogP contribution in [0, 0.1) is 12.8 Å². The summed E-state index contributed by atoms with van der Waals surface area (Å²) in [5, 5.41) is 11.7. The molecule has 0 saturated heterocycles. The molecule has 144 valence electrons. The Morgan fingerprint density at radius 1 is 1.22 bits per heavy atom. The van der Waals surface area contributed by atoms with Gasteiger partial charge in [-0.2, -0.15) is 0 Å². The maximum absolute atomic E-state index is 12.9. The Morgan fingerprint density at radius 2 is 1.96 bits per heavy atom. The van der Waals surface area contributed by atoms with Gasteiger partial charge in [-0.25, -0.2) is 0 Å². The maximum Gasteiger partial charge on any atom is 0.305 e. The number of aryl methyl sites for hydroxylation is 1. The highest BCUT2D eigenvalue weighted by Gasteiger charge is 2.19. The molecule has 0 saturated carbocycles.